The van der Waals surface area contributed by atoms with Crippen LogP contribution in [0, 0.1) is 10.8 Å². The Labute approximate surface area is 334 Å². The molecular formula is C52H42N4O2. The summed E-state index contributed by atoms with van der Waals surface area (Å²) >= 11 is 0. The van der Waals surface area contributed by atoms with E-state index < -0.39 is 0 Å². The lowest BCUT2D eigenvalue weighted by Gasteiger charge is -2.20. The number of hydrogen-bond acceptors (Lipinski definition) is 4. The summed E-state index contributed by atoms with van der Waals surface area (Å²) in [6.45, 7) is 13.4. The Hall–Kier alpha value is -6.92. The molecule has 58 heavy (non-hydrogen) atoms. The third-order valence-electron chi connectivity index (χ3n) is 12.3. The van der Waals surface area contributed by atoms with Crippen LogP contribution in [-0.2, 0) is 10.8 Å². The first-order chi connectivity index (χ1) is 28.0. The van der Waals surface area contributed by atoms with Gasteiger partial charge in [0.25, 0.3) is 0 Å². The number of aromatic nitrogens is 2. The third kappa shape index (κ3) is 4.66. The molecule has 0 atom stereocenters. The van der Waals surface area contributed by atoms with Gasteiger partial charge in [-0.25, -0.2) is 0 Å². The van der Waals surface area contributed by atoms with Gasteiger partial charge in [0, 0.05) is 55.9 Å². The molecule has 0 saturated heterocycles. The number of fused-ring (bicyclic) bond motifs is 14. The zero-order valence-electron chi connectivity index (χ0n) is 33.4. The summed E-state index contributed by atoms with van der Waals surface area (Å²) in [7, 11) is 0. The normalized spacial score (nSPS) is 12.8. The number of para-hydroxylation sites is 2. The quantitative estimate of drug-likeness (QED) is 0.175. The van der Waals surface area contributed by atoms with Crippen LogP contribution in [0.1, 0.15) is 63.8 Å². The highest BCUT2D eigenvalue weighted by Gasteiger charge is 2.26. The minimum atomic E-state index is -0.0661. The Morgan fingerprint density at radius 1 is 0.431 bits per heavy atom. The van der Waals surface area contributed by atoms with Gasteiger partial charge in [-0.1, -0.05) is 90.1 Å². The topological polar surface area (TPSA) is 83.8 Å². The first-order valence-corrected chi connectivity index (χ1v) is 19.9. The fourth-order valence-electron chi connectivity index (χ4n) is 9.33. The molecule has 7 aromatic carbocycles. The molecule has 0 aliphatic rings. The van der Waals surface area contributed by atoms with E-state index in [1.165, 1.54) is 23.6 Å². The maximum atomic E-state index is 9.00. The van der Waals surface area contributed by atoms with Crippen molar-refractivity contribution in [3.8, 4) is 11.4 Å². The molecule has 11 aromatic rings. The molecule has 0 spiro atoms. The smallest absolute Gasteiger partial charge is 0.145 e. The number of nitrogens with zero attached hydrogens (tertiary/aromatic N) is 2. The maximum Gasteiger partial charge on any atom is 0.145 e. The minimum absolute atomic E-state index is 0.0661. The molecule has 0 radical (unpaired) electrons. The average molecular weight is 755 g/mol. The summed E-state index contributed by atoms with van der Waals surface area (Å²) < 4.78 is 17.8. The van der Waals surface area contributed by atoms with Gasteiger partial charge in [-0.05, 0) is 94.8 Å². The number of hydrogen-bond donors (Lipinski definition) is 2. The fourth-order valence-corrected chi connectivity index (χ4v) is 9.33. The molecule has 0 saturated carbocycles. The van der Waals surface area contributed by atoms with Gasteiger partial charge in [0.1, 0.15) is 22.3 Å². The lowest BCUT2D eigenvalue weighted by molar-refractivity contribution is 0.591. The molecule has 282 valence electrons. The van der Waals surface area contributed by atoms with Gasteiger partial charge in [0.05, 0.1) is 44.2 Å². The summed E-state index contributed by atoms with van der Waals surface area (Å²) in [6.07, 6.45) is 2.81. The first kappa shape index (κ1) is 34.3. The molecule has 6 nitrogen and oxygen atoms in total. The lowest BCUT2D eigenvalue weighted by atomic mass is 9.86. The zero-order valence-corrected chi connectivity index (χ0v) is 33.4. The van der Waals surface area contributed by atoms with Crippen molar-refractivity contribution < 1.29 is 8.83 Å². The molecule has 4 heterocycles. The number of furan rings is 2. The van der Waals surface area contributed by atoms with E-state index in [0.717, 1.165) is 98.9 Å². The second-order valence-electron chi connectivity index (χ2n) is 17.7. The van der Waals surface area contributed by atoms with E-state index in [1.807, 2.05) is 24.3 Å². The number of nitrogens with one attached hydrogen (secondary N) is 2. The van der Waals surface area contributed by atoms with Crippen LogP contribution >= 0.6 is 0 Å². The van der Waals surface area contributed by atoms with Crippen LogP contribution in [0.4, 0.5) is 0 Å². The Morgan fingerprint density at radius 2 is 0.828 bits per heavy atom. The summed E-state index contributed by atoms with van der Waals surface area (Å²) in [5.74, 6) is 0. The molecule has 0 amide bonds. The highest BCUT2D eigenvalue weighted by Crippen LogP contribution is 2.45. The van der Waals surface area contributed by atoms with Crippen LogP contribution in [-0.4, -0.2) is 21.6 Å². The molecule has 0 fully saturated rings. The molecule has 11 rings (SSSR count). The van der Waals surface area contributed by atoms with Crippen molar-refractivity contribution in [1.82, 2.24) is 9.13 Å². The highest BCUT2D eigenvalue weighted by atomic mass is 16.3. The molecule has 0 unspecified atom stereocenters. The fraction of sp³-hybridized carbons (Fsp3) is 0.154. The van der Waals surface area contributed by atoms with Crippen LogP contribution in [0.3, 0.4) is 0 Å². The van der Waals surface area contributed by atoms with Gasteiger partial charge >= 0.3 is 0 Å². The Kier molecular flexibility index (Phi) is 6.99. The van der Waals surface area contributed by atoms with E-state index >= 15 is 0 Å². The Morgan fingerprint density at radius 3 is 1.22 bits per heavy atom. The highest BCUT2D eigenvalue weighted by molar-refractivity contribution is 6.26. The second kappa shape index (κ2) is 11.8. The van der Waals surface area contributed by atoms with Crippen LogP contribution in [0.15, 0.2) is 130 Å². The van der Waals surface area contributed by atoms with Crippen molar-refractivity contribution in [3.63, 3.8) is 0 Å². The average Bonchev–Trinajstić information content (AvgIpc) is 3.96. The monoisotopic (exact) mass is 754 g/mol. The Bertz CT molecular complexity index is 3340. The maximum absolute atomic E-state index is 9.00. The number of rotatable bonds is 4. The predicted octanol–water partition coefficient (Wildman–Crippen LogP) is 14.3. The summed E-state index contributed by atoms with van der Waals surface area (Å²) in [6, 6.07) is 42.8. The standard InChI is InChI=1S/C52H42N4O2/c1-51(2,3)29-15-19-39-35(25-29)47-43(21-17-33-31-11-7-9-13-45(31)57-49(33)47)55(39)41-23-24-42(38(28-54)37(41)27-53)56-40-20-16-30(52(4,5)6)26-36(40)48-44(56)22-18-34-32-12-8-10-14-46(32)58-50(34)48/h7-28,53-54H,1-6H3. The lowest BCUT2D eigenvalue weighted by Crippen LogP contribution is -2.11. The van der Waals surface area contributed by atoms with E-state index in [-0.39, 0.29) is 10.8 Å². The van der Waals surface area contributed by atoms with E-state index in [0.29, 0.717) is 11.1 Å². The predicted molar refractivity (Wildman–Crippen MR) is 243 cm³/mol. The molecule has 6 heteroatoms. The molecule has 0 aliphatic heterocycles. The van der Waals surface area contributed by atoms with Crippen LogP contribution in [0.25, 0.3) is 98.9 Å². The van der Waals surface area contributed by atoms with Crippen molar-refractivity contribution in [3.05, 3.63) is 144 Å². The van der Waals surface area contributed by atoms with Crippen LogP contribution in [0.5, 0.6) is 0 Å². The van der Waals surface area contributed by atoms with E-state index in [4.69, 9.17) is 19.7 Å². The zero-order chi connectivity index (χ0) is 39.8. The molecule has 0 aliphatic carbocycles. The molecule has 2 N–H and O–H groups in total. The molecule has 0 bridgehead atoms. The van der Waals surface area contributed by atoms with E-state index in [2.05, 4.69) is 148 Å². The van der Waals surface area contributed by atoms with Crippen molar-refractivity contribution in [1.29, 1.82) is 10.8 Å². The van der Waals surface area contributed by atoms with Gasteiger partial charge in [0.15, 0.2) is 0 Å². The first-order valence-electron chi connectivity index (χ1n) is 19.9. The molecule has 4 aromatic heterocycles. The summed E-state index contributed by atoms with van der Waals surface area (Å²) in [4.78, 5) is 0. The summed E-state index contributed by atoms with van der Waals surface area (Å²) in [5, 5.41) is 26.6. The van der Waals surface area contributed by atoms with Gasteiger partial charge in [-0.3, -0.25) is 0 Å². The van der Waals surface area contributed by atoms with Crippen molar-refractivity contribution in [2.24, 2.45) is 0 Å². The largest absolute Gasteiger partial charge is 0.455 e. The van der Waals surface area contributed by atoms with Crippen molar-refractivity contribution >= 4 is 99.9 Å². The van der Waals surface area contributed by atoms with Gasteiger partial charge in [-0.15, -0.1) is 0 Å². The van der Waals surface area contributed by atoms with E-state index in [9.17, 15) is 0 Å². The van der Waals surface area contributed by atoms with Crippen LogP contribution in [0.2, 0.25) is 0 Å². The summed E-state index contributed by atoms with van der Waals surface area (Å²) in [5.41, 5.74) is 12.7. The van der Waals surface area contributed by atoms with E-state index in [1.54, 1.807) is 0 Å². The third-order valence-corrected chi connectivity index (χ3v) is 12.3. The van der Waals surface area contributed by atoms with Gasteiger partial charge in [-0.2, -0.15) is 0 Å². The SMILES string of the molecule is CC(C)(C)c1ccc2c(c1)c1c3oc4ccccc4c3ccc1n2-c1ccc(-n2c3ccc(C(C)(C)C)cc3c3c4oc5ccccc5c4ccc32)c(C=N)c1C=N. The van der Waals surface area contributed by atoms with Gasteiger partial charge in [0.2, 0.25) is 0 Å². The van der Waals surface area contributed by atoms with Crippen LogP contribution < -0.4 is 0 Å². The van der Waals surface area contributed by atoms with Gasteiger partial charge < -0.3 is 28.8 Å². The minimum Gasteiger partial charge on any atom is -0.455 e. The number of benzene rings is 7. The van der Waals surface area contributed by atoms with Crippen molar-refractivity contribution in [2.45, 2.75) is 52.4 Å². The second-order valence-corrected chi connectivity index (χ2v) is 17.7. The molecular weight excluding hydrogens is 713 g/mol. The van der Waals surface area contributed by atoms with Crippen molar-refractivity contribution in [2.75, 3.05) is 0 Å². The Balaban J connectivity index is 1.23.